The van der Waals surface area contributed by atoms with Gasteiger partial charge in [-0.15, -0.1) is 0 Å². The molecule has 0 aliphatic rings. The van der Waals surface area contributed by atoms with Crippen LogP contribution in [0.25, 0.3) is 11.2 Å². The van der Waals surface area contributed by atoms with Crippen molar-refractivity contribution in [2.45, 2.75) is 0 Å². The average Bonchev–Trinajstić information content (AvgIpc) is 2.12. The van der Waals surface area contributed by atoms with Gasteiger partial charge in [-0.2, -0.15) is 0 Å². The Bertz CT molecular complexity index is 567. The van der Waals surface area contributed by atoms with Crippen molar-refractivity contribution in [1.82, 2.24) is 14.5 Å². The van der Waals surface area contributed by atoms with E-state index in [0.717, 1.165) is 0 Å². The highest BCUT2D eigenvalue weighted by Gasteiger charge is 1.99. The minimum absolute atomic E-state index is 0.195. The van der Waals surface area contributed by atoms with E-state index in [9.17, 15) is 9.59 Å². The monoisotopic (exact) mass is 177 g/mol. The number of aromatic amines is 1. The van der Waals surface area contributed by atoms with Gasteiger partial charge in [-0.3, -0.25) is 9.59 Å². The van der Waals surface area contributed by atoms with Gasteiger partial charge >= 0.3 is 0 Å². The predicted octanol–water partition coefficient (Wildman–Crippen LogP) is -0.378. The van der Waals surface area contributed by atoms with E-state index >= 15 is 0 Å². The van der Waals surface area contributed by atoms with Crippen molar-refractivity contribution >= 4 is 11.2 Å². The Hall–Kier alpha value is -1.91. The van der Waals surface area contributed by atoms with Crippen LogP contribution in [0.1, 0.15) is 0 Å². The topological polar surface area (TPSA) is 67.8 Å². The van der Waals surface area contributed by atoms with Gasteiger partial charge in [0.2, 0.25) is 5.56 Å². The van der Waals surface area contributed by atoms with Crippen LogP contribution in [-0.2, 0) is 7.05 Å². The van der Waals surface area contributed by atoms with E-state index < -0.39 is 0 Å². The van der Waals surface area contributed by atoms with Crippen LogP contribution in [0.2, 0.25) is 0 Å². The minimum atomic E-state index is -0.223. The molecule has 0 saturated heterocycles. The third-order valence-corrected chi connectivity index (χ3v) is 1.87. The fraction of sp³-hybridized carbons (Fsp3) is 0.125. The van der Waals surface area contributed by atoms with Crippen LogP contribution in [0.5, 0.6) is 0 Å². The quantitative estimate of drug-likeness (QED) is 0.596. The summed E-state index contributed by atoms with van der Waals surface area (Å²) in [6.07, 6.45) is 1.18. The molecule has 5 heteroatoms. The number of hydrogen-bond acceptors (Lipinski definition) is 3. The molecule has 5 nitrogen and oxygen atoms in total. The molecule has 1 N–H and O–H groups in total. The number of aryl methyl sites for hydroxylation is 1. The molecule has 2 aromatic heterocycles. The van der Waals surface area contributed by atoms with E-state index in [-0.39, 0.29) is 11.1 Å². The maximum Gasteiger partial charge on any atom is 0.269 e. The van der Waals surface area contributed by atoms with E-state index in [1.54, 1.807) is 13.1 Å². The molecule has 0 saturated carbocycles. The summed E-state index contributed by atoms with van der Waals surface area (Å²) in [6.45, 7) is 0. The third kappa shape index (κ3) is 1.14. The normalized spacial score (nSPS) is 10.5. The van der Waals surface area contributed by atoms with Gasteiger partial charge in [-0.1, -0.05) is 0 Å². The van der Waals surface area contributed by atoms with E-state index in [1.165, 1.54) is 16.8 Å². The Morgan fingerprint density at radius 1 is 1.38 bits per heavy atom. The molecule has 2 heterocycles. The van der Waals surface area contributed by atoms with Crippen molar-refractivity contribution in [3.63, 3.8) is 0 Å². The number of rotatable bonds is 0. The Balaban J connectivity index is 3.03. The number of pyridine rings is 1. The first-order chi connectivity index (χ1) is 6.18. The van der Waals surface area contributed by atoms with Crippen molar-refractivity contribution in [2.24, 2.45) is 7.05 Å². The molecule has 0 fully saturated rings. The number of aromatic nitrogens is 3. The first-order valence-corrected chi connectivity index (χ1v) is 3.73. The lowest BCUT2D eigenvalue weighted by Crippen LogP contribution is -2.18. The Morgan fingerprint density at radius 3 is 2.92 bits per heavy atom. The second-order valence-corrected chi connectivity index (χ2v) is 2.71. The molecule has 66 valence electrons. The standard InChI is InChI=1S/C8H7N3O2/c1-11-5-2-3-6(12)10-8(5)9-4-7(11)13/h2-4H,1H3,(H,10,12). The molecule has 0 radical (unpaired) electrons. The number of H-pyrrole nitrogens is 1. The lowest BCUT2D eigenvalue weighted by Gasteiger charge is -2.00. The summed E-state index contributed by atoms with van der Waals surface area (Å²) in [7, 11) is 1.63. The molecule has 0 aromatic carbocycles. The van der Waals surface area contributed by atoms with Crippen molar-refractivity contribution < 1.29 is 0 Å². The minimum Gasteiger partial charge on any atom is -0.307 e. The summed E-state index contributed by atoms with van der Waals surface area (Å²) < 4.78 is 1.43. The van der Waals surface area contributed by atoms with Crippen LogP contribution >= 0.6 is 0 Å². The molecule has 2 rings (SSSR count). The molecule has 0 unspecified atom stereocenters. The first kappa shape index (κ1) is 7.72. The van der Waals surface area contributed by atoms with Crippen LogP contribution in [0, 0.1) is 0 Å². The molecule has 0 atom stereocenters. The van der Waals surface area contributed by atoms with Crippen LogP contribution in [0.15, 0.2) is 27.9 Å². The maximum absolute atomic E-state index is 11.1. The Kier molecular flexibility index (Phi) is 1.51. The predicted molar refractivity (Wildman–Crippen MR) is 47.6 cm³/mol. The van der Waals surface area contributed by atoms with Crippen LogP contribution in [0.4, 0.5) is 0 Å². The molecule has 13 heavy (non-hydrogen) atoms. The van der Waals surface area contributed by atoms with Gasteiger partial charge in [0.15, 0.2) is 5.65 Å². The molecule has 0 aliphatic heterocycles. The fourth-order valence-electron chi connectivity index (χ4n) is 1.15. The van der Waals surface area contributed by atoms with Gasteiger partial charge in [0.1, 0.15) is 0 Å². The second kappa shape index (κ2) is 2.55. The fourth-order valence-corrected chi connectivity index (χ4v) is 1.15. The smallest absolute Gasteiger partial charge is 0.269 e. The summed E-state index contributed by atoms with van der Waals surface area (Å²) in [5.41, 5.74) is 0.625. The van der Waals surface area contributed by atoms with Gasteiger partial charge in [-0.25, -0.2) is 4.98 Å². The molecule has 0 bridgehead atoms. The Labute approximate surface area is 72.7 Å². The molecule has 0 spiro atoms. The number of nitrogens with zero attached hydrogens (tertiary/aromatic N) is 2. The number of fused-ring (bicyclic) bond motifs is 1. The van der Waals surface area contributed by atoms with Gasteiger partial charge in [0, 0.05) is 13.1 Å². The van der Waals surface area contributed by atoms with E-state index in [2.05, 4.69) is 9.97 Å². The lowest BCUT2D eigenvalue weighted by molar-refractivity contribution is 0.885. The van der Waals surface area contributed by atoms with Crippen LogP contribution in [0.3, 0.4) is 0 Å². The van der Waals surface area contributed by atoms with Gasteiger partial charge in [-0.05, 0) is 6.07 Å². The lowest BCUT2D eigenvalue weighted by atomic mass is 10.4. The Morgan fingerprint density at radius 2 is 2.15 bits per heavy atom. The van der Waals surface area contributed by atoms with E-state index in [1.807, 2.05) is 0 Å². The number of hydrogen-bond donors (Lipinski definition) is 1. The first-order valence-electron chi connectivity index (χ1n) is 3.73. The van der Waals surface area contributed by atoms with Crippen LogP contribution in [-0.4, -0.2) is 14.5 Å². The van der Waals surface area contributed by atoms with Crippen LogP contribution < -0.4 is 11.1 Å². The van der Waals surface area contributed by atoms with E-state index in [4.69, 9.17) is 0 Å². The molecular weight excluding hydrogens is 170 g/mol. The van der Waals surface area contributed by atoms with Crippen molar-refractivity contribution in [3.05, 3.63) is 39.0 Å². The van der Waals surface area contributed by atoms with E-state index in [0.29, 0.717) is 11.2 Å². The average molecular weight is 177 g/mol. The summed E-state index contributed by atoms with van der Waals surface area (Å²) in [5, 5.41) is 0. The summed E-state index contributed by atoms with van der Waals surface area (Å²) >= 11 is 0. The maximum atomic E-state index is 11.1. The van der Waals surface area contributed by atoms with Crippen molar-refractivity contribution in [3.8, 4) is 0 Å². The second-order valence-electron chi connectivity index (χ2n) is 2.71. The third-order valence-electron chi connectivity index (χ3n) is 1.87. The molecule has 0 aliphatic carbocycles. The summed E-state index contributed by atoms with van der Waals surface area (Å²) in [4.78, 5) is 28.4. The zero-order valence-electron chi connectivity index (χ0n) is 6.94. The molecule has 2 aromatic rings. The van der Waals surface area contributed by atoms with Gasteiger partial charge in [0.25, 0.3) is 5.56 Å². The SMILES string of the molecule is Cn1c(=O)cnc2[nH]c(=O)ccc21. The zero-order chi connectivity index (χ0) is 9.42. The summed E-state index contributed by atoms with van der Waals surface area (Å²) in [5.74, 6) is 0. The van der Waals surface area contributed by atoms with Gasteiger partial charge in [0.05, 0.1) is 11.7 Å². The highest BCUT2D eigenvalue weighted by atomic mass is 16.1. The molecular formula is C8H7N3O2. The zero-order valence-corrected chi connectivity index (χ0v) is 6.94. The largest absolute Gasteiger partial charge is 0.307 e. The highest BCUT2D eigenvalue weighted by molar-refractivity contribution is 5.68. The van der Waals surface area contributed by atoms with Crippen molar-refractivity contribution in [1.29, 1.82) is 0 Å². The van der Waals surface area contributed by atoms with Crippen molar-refractivity contribution in [2.75, 3.05) is 0 Å². The number of nitrogens with one attached hydrogen (secondary N) is 1. The highest BCUT2D eigenvalue weighted by Crippen LogP contribution is 1.99. The molecule has 0 amide bonds. The van der Waals surface area contributed by atoms with Gasteiger partial charge < -0.3 is 9.55 Å². The summed E-state index contributed by atoms with van der Waals surface area (Å²) in [6, 6.07) is 2.94.